The quantitative estimate of drug-likeness (QED) is 0.682. The van der Waals surface area contributed by atoms with Crippen molar-refractivity contribution in [2.24, 2.45) is 5.41 Å². The van der Waals surface area contributed by atoms with Crippen LogP contribution in [0.15, 0.2) is 24.3 Å². The topological polar surface area (TPSA) is 43.5 Å². The van der Waals surface area contributed by atoms with Crippen LogP contribution in [0.3, 0.4) is 0 Å². The normalized spacial score (nSPS) is 22.1. The molecule has 2 aliphatic rings. The van der Waals surface area contributed by atoms with Crippen LogP contribution in [0.25, 0.3) is 0 Å². The number of benzene rings is 1. The van der Waals surface area contributed by atoms with Crippen molar-refractivity contribution in [2.45, 2.75) is 25.7 Å². The van der Waals surface area contributed by atoms with Crippen LogP contribution in [0.1, 0.15) is 24.0 Å². The zero-order valence-electron chi connectivity index (χ0n) is 9.05. The average Bonchev–Trinajstić information content (AvgIpc) is 2.56. The summed E-state index contributed by atoms with van der Waals surface area (Å²) in [5.74, 6) is 0. The summed E-state index contributed by atoms with van der Waals surface area (Å²) in [6.45, 7) is 2.43. The second kappa shape index (κ2) is 3.95. The minimum atomic E-state index is 0. The van der Waals surface area contributed by atoms with Crippen LogP contribution >= 0.6 is 0 Å². The van der Waals surface area contributed by atoms with Gasteiger partial charge in [0.25, 0.3) is 0 Å². The highest BCUT2D eigenvalue weighted by Gasteiger charge is 2.37. The van der Waals surface area contributed by atoms with Crippen LogP contribution in [0.5, 0.6) is 0 Å². The number of hydrogen-bond donors (Lipinski definition) is 1. The summed E-state index contributed by atoms with van der Waals surface area (Å²) < 4.78 is 0. The number of nitrogens with one attached hydrogen (secondary N) is 1. The van der Waals surface area contributed by atoms with Gasteiger partial charge in [-0.3, -0.25) is 0 Å². The summed E-state index contributed by atoms with van der Waals surface area (Å²) in [6, 6.07) is 8.98. The van der Waals surface area contributed by atoms with Gasteiger partial charge >= 0.3 is 0 Å². The first-order chi connectivity index (χ1) is 6.88. The van der Waals surface area contributed by atoms with E-state index < -0.39 is 0 Å². The van der Waals surface area contributed by atoms with E-state index >= 15 is 0 Å². The molecule has 1 aromatic carbocycles. The minimum absolute atomic E-state index is 0. The third-order valence-corrected chi connectivity index (χ3v) is 3.91. The van der Waals surface area contributed by atoms with Crippen LogP contribution in [0.2, 0.25) is 0 Å². The second-order valence-corrected chi connectivity index (χ2v) is 4.87. The fourth-order valence-corrected chi connectivity index (χ4v) is 3.08. The predicted octanol–water partition coefficient (Wildman–Crippen LogP) is 1.33. The van der Waals surface area contributed by atoms with Gasteiger partial charge < -0.3 is 10.8 Å². The van der Waals surface area contributed by atoms with Gasteiger partial charge in [0.2, 0.25) is 0 Å². The fraction of sp³-hybridized carbons (Fsp3) is 0.538. The van der Waals surface area contributed by atoms with Crippen molar-refractivity contribution in [1.82, 2.24) is 5.32 Å². The van der Waals surface area contributed by atoms with E-state index in [4.69, 9.17) is 0 Å². The van der Waals surface area contributed by atoms with Gasteiger partial charge in [-0.15, -0.1) is 0 Å². The van der Waals surface area contributed by atoms with E-state index in [0.29, 0.717) is 5.41 Å². The Bertz CT molecular complexity index is 315. The van der Waals surface area contributed by atoms with Crippen molar-refractivity contribution in [3.05, 3.63) is 35.4 Å². The van der Waals surface area contributed by atoms with Gasteiger partial charge in [-0.25, -0.2) is 0 Å². The molecule has 0 bridgehead atoms. The lowest BCUT2D eigenvalue weighted by atomic mass is 9.76. The van der Waals surface area contributed by atoms with E-state index in [1.54, 1.807) is 11.1 Å². The molecule has 0 unspecified atom stereocenters. The maximum Gasteiger partial charge on any atom is -0.00434 e. The summed E-state index contributed by atoms with van der Waals surface area (Å²) in [5, 5.41) is 3.46. The Hall–Kier alpha value is -0.860. The molecule has 1 fully saturated rings. The lowest BCUT2D eigenvalue weighted by Gasteiger charge is -2.33. The molecular formula is C13H19NO. The third-order valence-electron chi connectivity index (χ3n) is 3.91. The maximum absolute atomic E-state index is 3.46. The Labute approximate surface area is 91.0 Å². The SMILES string of the molecule is O.c1ccc2c(c1)CC1(CCNCC1)C2. The zero-order valence-corrected chi connectivity index (χ0v) is 9.05. The van der Waals surface area contributed by atoms with Crippen LogP contribution in [-0.4, -0.2) is 18.6 Å². The molecule has 1 heterocycles. The molecule has 0 atom stereocenters. The van der Waals surface area contributed by atoms with Crippen LogP contribution < -0.4 is 5.32 Å². The van der Waals surface area contributed by atoms with Gasteiger partial charge in [-0.2, -0.15) is 0 Å². The van der Waals surface area contributed by atoms with Crippen molar-refractivity contribution < 1.29 is 5.48 Å². The van der Waals surface area contributed by atoms with Gasteiger partial charge in [0.05, 0.1) is 0 Å². The van der Waals surface area contributed by atoms with Gasteiger partial charge in [0.1, 0.15) is 0 Å². The third kappa shape index (κ3) is 1.80. The number of hydrogen-bond acceptors (Lipinski definition) is 1. The summed E-state index contributed by atoms with van der Waals surface area (Å²) in [5.41, 5.74) is 3.83. The summed E-state index contributed by atoms with van der Waals surface area (Å²) in [4.78, 5) is 0. The molecule has 82 valence electrons. The van der Waals surface area contributed by atoms with Crippen LogP contribution in [0.4, 0.5) is 0 Å². The van der Waals surface area contributed by atoms with Crippen molar-refractivity contribution in [3.63, 3.8) is 0 Å². The summed E-state index contributed by atoms with van der Waals surface area (Å²) >= 11 is 0. The smallest absolute Gasteiger partial charge is 0.00434 e. The predicted molar refractivity (Wildman–Crippen MR) is 62.0 cm³/mol. The first-order valence-electron chi connectivity index (χ1n) is 5.66. The molecule has 0 radical (unpaired) electrons. The standard InChI is InChI=1S/C13H17N.H2O/c1-2-4-12-10-13(9-11(12)3-1)5-7-14-8-6-13;/h1-4,14H,5-10H2;1H2. The summed E-state index contributed by atoms with van der Waals surface area (Å²) in [6.07, 6.45) is 5.37. The lowest BCUT2D eigenvalue weighted by Crippen LogP contribution is -2.37. The lowest BCUT2D eigenvalue weighted by molar-refractivity contribution is 0.216. The molecule has 0 amide bonds. The monoisotopic (exact) mass is 205 g/mol. The zero-order chi connectivity index (χ0) is 9.43. The minimum Gasteiger partial charge on any atom is -0.412 e. The maximum atomic E-state index is 3.46. The van der Waals surface area contributed by atoms with Crippen molar-refractivity contribution in [1.29, 1.82) is 0 Å². The van der Waals surface area contributed by atoms with E-state index in [-0.39, 0.29) is 5.48 Å². The molecule has 2 heteroatoms. The van der Waals surface area contributed by atoms with Crippen molar-refractivity contribution >= 4 is 0 Å². The molecule has 2 nitrogen and oxygen atoms in total. The van der Waals surface area contributed by atoms with Crippen LogP contribution in [0, 0.1) is 5.41 Å². The Balaban J connectivity index is 0.000000853. The highest BCUT2D eigenvalue weighted by molar-refractivity contribution is 5.34. The summed E-state index contributed by atoms with van der Waals surface area (Å²) in [7, 11) is 0. The number of piperidine rings is 1. The molecule has 1 aromatic rings. The van der Waals surface area contributed by atoms with Crippen molar-refractivity contribution in [2.75, 3.05) is 13.1 Å². The van der Waals surface area contributed by atoms with E-state index in [1.165, 1.54) is 38.8 Å². The number of fused-ring (bicyclic) bond motifs is 1. The number of rotatable bonds is 0. The van der Waals surface area contributed by atoms with Gasteiger partial charge in [0.15, 0.2) is 0 Å². The van der Waals surface area contributed by atoms with E-state index in [9.17, 15) is 0 Å². The second-order valence-electron chi connectivity index (χ2n) is 4.87. The molecule has 0 saturated carbocycles. The highest BCUT2D eigenvalue weighted by atomic mass is 16.0. The molecule has 1 aliphatic heterocycles. The van der Waals surface area contributed by atoms with Gasteiger partial charge in [0, 0.05) is 0 Å². The van der Waals surface area contributed by atoms with Gasteiger partial charge in [-0.1, -0.05) is 24.3 Å². The Morgan fingerprint density at radius 1 is 0.933 bits per heavy atom. The van der Waals surface area contributed by atoms with E-state index in [2.05, 4.69) is 29.6 Å². The largest absolute Gasteiger partial charge is 0.412 e. The molecule has 1 saturated heterocycles. The molecule has 1 spiro atoms. The van der Waals surface area contributed by atoms with Crippen LogP contribution in [-0.2, 0) is 12.8 Å². The Kier molecular flexibility index (Phi) is 2.81. The molecule has 3 N–H and O–H groups in total. The van der Waals surface area contributed by atoms with Crippen molar-refractivity contribution in [3.8, 4) is 0 Å². The highest BCUT2D eigenvalue weighted by Crippen LogP contribution is 2.42. The first-order valence-corrected chi connectivity index (χ1v) is 5.66. The molecule has 15 heavy (non-hydrogen) atoms. The molecule has 1 aliphatic carbocycles. The Morgan fingerprint density at radius 2 is 1.47 bits per heavy atom. The first kappa shape index (κ1) is 10.7. The Morgan fingerprint density at radius 3 is 2.00 bits per heavy atom. The van der Waals surface area contributed by atoms with E-state index in [0.717, 1.165) is 0 Å². The molecule has 0 aromatic heterocycles. The van der Waals surface area contributed by atoms with Gasteiger partial charge in [-0.05, 0) is 55.3 Å². The molecule has 3 rings (SSSR count). The molecular weight excluding hydrogens is 186 g/mol. The van der Waals surface area contributed by atoms with E-state index in [1.807, 2.05) is 0 Å². The average molecular weight is 205 g/mol. The fourth-order valence-electron chi connectivity index (χ4n) is 3.08.